The van der Waals surface area contributed by atoms with Crippen LogP contribution in [0.2, 0.25) is 0 Å². The van der Waals surface area contributed by atoms with E-state index in [0.717, 1.165) is 5.56 Å². The van der Waals surface area contributed by atoms with Crippen LogP contribution in [0.1, 0.15) is 32.4 Å². The summed E-state index contributed by atoms with van der Waals surface area (Å²) in [4.78, 5) is 13.6. The predicted octanol–water partition coefficient (Wildman–Crippen LogP) is 4.76. The van der Waals surface area contributed by atoms with Crippen LogP contribution < -0.4 is 9.47 Å². The van der Waals surface area contributed by atoms with Gasteiger partial charge < -0.3 is 14.6 Å². The Labute approximate surface area is 195 Å². The van der Waals surface area contributed by atoms with E-state index in [1.54, 1.807) is 30.3 Å². The molecule has 0 spiro atoms. The van der Waals surface area contributed by atoms with Gasteiger partial charge in [-0.1, -0.05) is 42.1 Å². The normalized spacial score (nSPS) is 15.3. The summed E-state index contributed by atoms with van der Waals surface area (Å²) >= 11 is 1.37. The van der Waals surface area contributed by atoms with E-state index in [0.29, 0.717) is 33.2 Å². The van der Waals surface area contributed by atoms with Crippen LogP contribution in [0.25, 0.3) is 0 Å². The summed E-state index contributed by atoms with van der Waals surface area (Å²) in [5.74, 6) is 0.318. The zero-order valence-corrected chi connectivity index (χ0v) is 19.0. The molecule has 3 aromatic carbocycles. The monoisotopic (exact) mass is 466 g/mol. The van der Waals surface area contributed by atoms with E-state index in [-0.39, 0.29) is 24.9 Å². The van der Waals surface area contributed by atoms with Crippen LogP contribution in [0.15, 0.2) is 71.8 Å². The number of aryl methyl sites for hydroxylation is 1. The molecule has 0 fully saturated rings. The second kappa shape index (κ2) is 10.1. The molecule has 1 N–H and O–H groups in total. The third kappa shape index (κ3) is 4.72. The topological polar surface area (TPSA) is 71.4 Å². The number of aliphatic hydroxyl groups is 1. The van der Waals surface area contributed by atoms with Crippen LogP contribution in [-0.4, -0.2) is 41.4 Å². The number of hydrogen-bond acceptors (Lipinski definition) is 6. The van der Waals surface area contributed by atoms with Crippen molar-refractivity contribution in [3.63, 3.8) is 0 Å². The number of nitrogens with zero attached hydrogens (tertiary/aromatic N) is 2. The molecule has 3 aromatic rings. The molecule has 1 atom stereocenters. The molecular formula is C25H23FN2O4S. The molecule has 1 aliphatic heterocycles. The lowest BCUT2D eigenvalue weighted by Gasteiger charge is -2.24. The Morgan fingerprint density at radius 2 is 1.88 bits per heavy atom. The van der Waals surface area contributed by atoms with Gasteiger partial charge in [-0.15, -0.1) is 0 Å². The number of rotatable bonds is 7. The average Bonchev–Trinajstić information content (AvgIpc) is 3.28. The lowest BCUT2D eigenvalue weighted by Crippen LogP contribution is -2.27. The lowest BCUT2D eigenvalue weighted by atomic mass is 10.1. The standard InChI is InChI=1S/C25H23FN2O4S/c1-16-6-3-4-7-19(16)24(30)28-25(33-23(27-28)17-10-12-18(26)13-11-17)20-8-5-9-21(22(20)31-2)32-15-14-29/h3-13,25,29H,14-15H2,1-2H3. The van der Waals surface area contributed by atoms with Crippen molar-refractivity contribution in [3.8, 4) is 11.5 Å². The van der Waals surface area contributed by atoms with E-state index in [9.17, 15) is 9.18 Å². The third-order valence-corrected chi connectivity index (χ3v) is 6.36. The minimum absolute atomic E-state index is 0.112. The van der Waals surface area contributed by atoms with Gasteiger partial charge in [0.2, 0.25) is 0 Å². The fourth-order valence-electron chi connectivity index (χ4n) is 3.55. The van der Waals surface area contributed by atoms with E-state index in [1.807, 2.05) is 31.2 Å². The molecule has 1 unspecified atom stereocenters. The van der Waals surface area contributed by atoms with Crippen LogP contribution >= 0.6 is 11.8 Å². The Balaban J connectivity index is 1.78. The number of thioether (sulfide) groups is 1. The molecule has 1 aliphatic rings. The predicted molar refractivity (Wildman–Crippen MR) is 126 cm³/mol. The number of carbonyl (C=O) groups is 1. The number of benzene rings is 3. The highest BCUT2D eigenvalue weighted by Crippen LogP contribution is 2.47. The zero-order chi connectivity index (χ0) is 23.4. The van der Waals surface area contributed by atoms with Gasteiger partial charge in [0.15, 0.2) is 11.5 Å². The number of para-hydroxylation sites is 1. The number of carbonyl (C=O) groups excluding carboxylic acids is 1. The van der Waals surface area contributed by atoms with Crippen LogP contribution in [0.5, 0.6) is 11.5 Å². The van der Waals surface area contributed by atoms with Gasteiger partial charge >= 0.3 is 0 Å². The van der Waals surface area contributed by atoms with Crippen molar-refractivity contribution in [2.24, 2.45) is 5.10 Å². The smallest absolute Gasteiger partial charge is 0.275 e. The van der Waals surface area contributed by atoms with E-state index in [2.05, 4.69) is 5.10 Å². The summed E-state index contributed by atoms with van der Waals surface area (Å²) in [5.41, 5.74) is 2.78. The van der Waals surface area contributed by atoms with E-state index in [1.165, 1.54) is 36.0 Å². The molecule has 6 nitrogen and oxygen atoms in total. The van der Waals surface area contributed by atoms with E-state index >= 15 is 0 Å². The SMILES string of the molecule is COc1c(OCCO)cccc1C1SC(c2ccc(F)cc2)=NN1C(=O)c1ccccc1C. The number of hydrogen-bond donors (Lipinski definition) is 1. The summed E-state index contributed by atoms with van der Waals surface area (Å²) in [5, 5.41) is 15.3. The van der Waals surface area contributed by atoms with Gasteiger partial charge in [-0.05, 0) is 48.9 Å². The van der Waals surface area contributed by atoms with E-state index in [4.69, 9.17) is 14.6 Å². The van der Waals surface area contributed by atoms with Crippen molar-refractivity contribution < 1.29 is 23.8 Å². The summed E-state index contributed by atoms with van der Waals surface area (Å²) in [7, 11) is 1.53. The fraction of sp³-hybridized carbons (Fsp3) is 0.200. The molecule has 0 saturated carbocycles. The Hall–Kier alpha value is -3.36. The maximum atomic E-state index is 13.6. The number of ether oxygens (including phenoxy) is 2. The van der Waals surface area contributed by atoms with Crippen molar-refractivity contribution in [3.05, 3.63) is 94.8 Å². The fourth-order valence-corrected chi connectivity index (χ4v) is 4.72. The van der Waals surface area contributed by atoms with E-state index < -0.39 is 5.37 Å². The second-order valence-corrected chi connectivity index (χ2v) is 8.37. The quantitative estimate of drug-likeness (QED) is 0.544. The minimum atomic E-state index is -0.537. The molecule has 0 bridgehead atoms. The molecule has 0 aromatic heterocycles. The first-order valence-electron chi connectivity index (χ1n) is 10.3. The summed E-state index contributed by atoms with van der Waals surface area (Å²) in [6.07, 6.45) is 0. The molecule has 33 heavy (non-hydrogen) atoms. The van der Waals surface area contributed by atoms with Gasteiger partial charge in [0.05, 0.1) is 13.7 Å². The van der Waals surface area contributed by atoms with Crippen molar-refractivity contribution in [1.82, 2.24) is 5.01 Å². The lowest BCUT2D eigenvalue weighted by molar-refractivity contribution is 0.0747. The highest BCUT2D eigenvalue weighted by molar-refractivity contribution is 8.14. The molecular weight excluding hydrogens is 443 g/mol. The van der Waals surface area contributed by atoms with Crippen LogP contribution in [-0.2, 0) is 0 Å². The molecule has 8 heteroatoms. The van der Waals surface area contributed by atoms with Crippen molar-refractivity contribution in [2.45, 2.75) is 12.3 Å². The van der Waals surface area contributed by atoms with Gasteiger partial charge in [0, 0.05) is 16.7 Å². The van der Waals surface area contributed by atoms with Gasteiger partial charge in [-0.3, -0.25) is 4.79 Å². The summed E-state index contributed by atoms with van der Waals surface area (Å²) in [6, 6.07) is 18.7. The first-order valence-corrected chi connectivity index (χ1v) is 11.2. The van der Waals surface area contributed by atoms with Crippen LogP contribution in [0.3, 0.4) is 0 Å². The van der Waals surface area contributed by atoms with Gasteiger partial charge in [-0.2, -0.15) is 5.10 Å². The molecule has 0 radical (unpaired) electrons. The van der Waals surface area contributed by atoms with Gasteiger partial charge in [0.25, 0.3) is 5.91 Å². The molecule has 170 valence electrons. The van der Waals surface area contributed by atoms with Crippen molar-refractivity contribution in [2.75, 3.05) is 20.3 Å². The Morgan fingerprint density at radius 3 is 2.58 bits per heavy atom. The van der Waals surface area contributed by atoms with Crippen LogP contribution in [0.4, 0.5) is 4.39 Å². The Morgan fingerprint density at radius 1 is 1.12 bits per heavy atom. The highest BCUT2D eigenvalue weighted by atomic mass is 32.2. The van der Waals surface area contributed by atoms with Crippen molar-refractivity contribution >= 4 is 22.7 Å². The third-order valence-electron chi connectivity index (χ3n) is 5.15. The molecule has 1 amide bonds. The number of amides is 1. The number of hydrazone groups is 1. The van der Waals surface area contributed by atoms with Gasteiger partial charge in [-0.25, -0.2) is 9.40 Å². The highest BCUT2D eigenvalue weighted by Gasteiger charge is 2.37. The largest absolute Gasteiger partial charge is 0.492 e. The molecule has 0 saturated heterocycles. The Kier molecular flexibility index (Phi) is 6.96. The molecule has 0 aliphatic carbocycles. The number of aliphatic hydroxyl groups excluding tert-OH is 1. The number of halogens is 1. The summed E-state index contributed by atoms with van der Waals surface area (Å²) in [6.45, 7) is 1.85. The molecule has 1 heterocycles. The first kappa shape index (κ1) is 22.8. The maximum absolute atomic E-state index is 13.6. The molecule has 4 rings (SSSR count). The van der Waals surface area contributed by atoms with Gasteiger partial charge in [0.1, 0.15) is 22.8 Å². The number of methoxy groups -OCH3 is 1. The average molecular weight is 467 g/mol. The zero-order valence-electron chi connectivity index (χ0n) is 18.2. The van der Waals surface area contributed by atoms with Crippen LogP contribution in [0, 0.1) is 12.7 Å². The first-order chi connectivity index (χ1) is 16.0. The maximum Gasteiger partial charge on any atom is 0.275 e. The summed E-state index contributed by atoms with van der Waals surface area (Å²) < 4.78 is 24.7. The minimum Gasteiger partial charge on any atom is -0.492 e. The second-order valence-electron chi connectivity index (χ2n) is 7.30. The van der Waals surface area contributed by atoms with Crippen molar-refractivity contribution in [1.29, 1.82) is 0 Å². The Bertz CT molecular complexity index is 1180.